The third kappa shape index (κ3) is 5.53. The summed E-state index contributed by atoms with van der Waals surface area (Å²) < 4.78 is 13.2. The Labute approximate surface area is 189 Å². The molecule has 1 heterocycles. The number of carbonyl (C=O) groups excluding carboxylic acids is 1. The van der Waals surface area contributed by atoms with Crippen LogP contribution in [0.25, 0.3) is 17.3 Å². The van der Waals surface area contributed by atoms with Crippen molar-refractivity contribution in [2.75, 3.05) is 10.7 Å². The van der Waals surface area contributed by atoms with E-state index in [0.29, 0.717) is 21.4 Å². The first kappa shape index (κ1) is 21.1. The van der Waals surface area contributed by atoms with Crippen LogP contribution in [0.3, 0.4) is 0 Å². The van der Waals surface area contributed by atoms with Crippen molar-refractivity contribution >= 4 is 39.7 Å². The van der Waals surface area contributed by atoms with E-state index >= 15 is 0 Å². The van der Waals surface area contributed by atoms with Gasteiger partial charge in [0, 0.05) is 17.3 Å². The molecule has 4 aromatic rings. The number of hydrazone groups is 1. The van der Waals surface area contributed by atoms with Crippen LogP contribution in [0.2, 0.25) is 0 Å². The summed E-state index contributed by atoms with van der Waals surface area (Å²) in [7, 11) is 0. The Hall–Kier alpha value is -4.10. The molecule has 5 nitrogen and oxygen atoms in total. The third-order valence-corrected chi connectivity index (χ3v) is 5.29. The first-order chi connectivity index (χ1) is 15.7. The average molecular weight is 443 g/mol. The van der Waals surface area contributed by atoms with Crippen molar-refractivity contribution in [2.45, 2.75) is 0 Å². The summed E-state index contributed by atoms with van der Waals surface area (Å²) >= 11 is 1.27. The number of hydrogen-bond donors (Lipinski definition) is 2. The molecule has 158 valence electrons. The van der Waals surface area contributed by atoms with E-state index in [0.717, 1.165) is 11.1 Å². The molecule has 0 saturated carbocycles. The monoisotopic (exact) mass is 442 g/mol. The van der Waals surface area contributed by atoms with Gasteiger partial charge in [0.15, 0.2) is 0 Å². The number of aromatic nitrogens is 1. The van der Waals surface area contributed by atoms with Crippen molar-refractivity contribution in [1.29, 1.82) is 0 Å². The van der Waals surface area contributed by atoms with E-state index in [9.17, 15) is 9.18 Å². The number of hydrogen-bond acceptors (Lipinski definition) is 5. The van der Waals surface area contributed by atoms with Gasteiger partial charge in [0.1, 0.15) is 16.5 Å². The summed E-state index contributed by atoms with van der Waals surface area (Å²) in [6.45, 7) is 0. The highest BCUT2D eigenvalue weighted by atomic mass is 32.1. The molecular formula is C25H19FN4OS. The summed E-state index contributed by atoms with van der Waals surface area (Å²) in [5.74, 6) is -0.735. The van der Waals surface area contributed by atoms with Crippen LogP contribution < -0.4 is 10.7 Å². The molecule has 0 bridgehead atoms. The minimum absolute atomic E-state index is 0.341. The molecular weight excluding hydrogens is 423 g/mol. The smallest absolute Gasteiger partial charge is 0.256 e. The van der Waals surface area contributed by atoms with Crippen molar-refractivity contribution in [1.82, 2.24) is 4.98 Å². The molecule has 0 saturated heterocycles. The number of carbonyl (C=O) groups is 1. The number of nitrogens with one attached hydrogen (secondary N) is 2. The number of amides is 1. The molecule has 0 unspecified atom stereocenters. The predicted octanol–water partition coefficient (Wildman–Crippen LogP) is 6.31. The molecule has 3 aromatic carbocycles. The maximum Gasteiger partial charge on any atom is 0.256 e. The number of benzene rings is 3. The maximum atomic E-state index is 13.2. The minimum Gasteiger partial charge on any atom is -0.312 e. The second kappa shape index (κ2) is 10.3. The van der Waals surface area contributed by atoms with E-state index in [-0.39, 0.29) is 5.91 Å². The molecule has 0 aliphatic heterocycles. The van der Waals surface area contributed by atoms with Crippen LogP contribution in [-0.4, -0.2) is 17.1 Å². The van der Waals surface area contributed by atoms with Gasteiger partial charge in [0.05, 0.1) is 0 Å². The fourth-order valence-corrected chi connectivity index (χ4v) is 3.71. The highest BCUT2D eigenvalue weighted by molar-refractivity contribution is 7.20. The van der Waals surface area contributed by atoms with E-state index in [1.165, 1.54) is 35.6 Å². The summed E-state index contributed by atoms with van der Waals surface area (Å²) in [4.78, 5) is 17.2. The van der Waals surface area contributed by atoms with Crippen LogP contribution in [-0.2, 0) is 0 Å². The first-order valence-electron chi connectivity index (χ1n) is 9.83. The van der Waals surface area contributed by atoms with Crippen LogP contribution in [0.15, 0.2) is 96.1 Å². The second-order valence-corrected chi connectivity index (χ2v) is 7.68. The second-order valence-electron chi connectivity index (χ2n) is 6.68. The molecule has 0 atom stereocenters. The van der Waals surface area contributed by atoms with Gasteiger partial charge in [-0.2, -0.15) is 5.10 Å². The Morgan fingerprint density at radius 1 is 0.938 bits per heavy atom. The van der Waals surface area contributed by atoms with Crippen LogP contribution in [0.5, 0.6) is 0 Å². The van der Waals surface area contributed by atoms with E-state index in [1.807, 2.05) is 72.8 Å². The maximum absolute atomic E-state index is 13.2. The van der Waals surface area contributed by atoms with Gasteiger partial charge >= 0.3 is 0 Å². The average Bonchev–Trinajstić information content (AvgIpc) is 3.23. The van der Waals surface area contributed by atoms with Crippen LogP contribution >= 0.6 is 11.3 Å². The Balaban J connectivity index is 1.51. The first-order valence-corrected chi connectivity index (χ1v) is 10.6. The van der Waals surface area contributed by atoms with Crippen molar-refractivity contribution in [2.24, 2.45) is 5.10 Å². The van der Waals surface area contributed by atoms with Crippen molar-refractivity contribution in [3.63, 3.8) is 0 Å². The summed E-state index contributed by atoms with van der Waals surface area (Å²) in [5, 5.41) is 8.16. The normalized spacial score (nSPS) is 11.2. The largest absolute Gasteiger partial charge is 0.312 e. The fraction of sp³-hybridized carbons (Fsp3) is 0. The number of anilines is 2. The number of rotatable bonds is 7. The quantitative estimate of drug-likeness (QED) is 0.260. The zero-order chi connectivity index (χ0) is 22.2. The molecule has 7 heteroatoms. The van der Waals surface area contributed by atoms with E-state index < -0.39 is 5.82 Å². The van der Waals surface area contributed by atoms with E-state index in [2.05, 4.69) is 20.8 Å². The predicted molar refractivity (Wildman–Crippen MR) is 129 cm³/mol. The van der Waals surface area contributed by atoms with Crippen molar-refractivity contribution < 1.29 is 9.18 Å². The third-order valence-electron chi connectivity index (χ3n) is 4.42. The van der Waals surface area contributed by atoms with Crippen LogP contribution in [0, 0.1) is 5.82 Å². The lowest BCUT2D eigenvalue weighted by Crippen LogP contribution is -2.11. The van der Waals surface area contributed by atoms with Gasteiger partial charge in [-0.1, -0.05) is 78.1 Å². The van der Waals surface area contributed by atoms with E-state index in [1.54, 1.807) is 6.21 Å². The minimum atomic E-state index is -0.394. The lowest BCUT2D eigenvalue weighted by atomic mass is 10.1. The van der Waals surface area contributed by atoms with Crippen molar-refractivity contribution in [3.8, 4) is 11.3 Å². The number of allylic oxidation sites excluding steroid dienone is 1. The Morgan fingerprint density at radius 3 is 2.34 bits per heavy atom. The lowest BCUT2D eigenvalue weighted by Gasteiger charge is -2.05. The topological polar surface area (TPSA) is 66.4 Å². The van der Waals surface area contributed by atoms with Gasteiger partial charge in [-0.15, -0.1) is 0 Å². The Morgan fingerprint density at radius 2 is 1.62 bits per heavy atom. The molecule has 0 spiro atoms. The lowest BCUT2D eigenvalue weighted by molar-refractivity contribution is 0.102. The number of halogens is 1. The highest BCUT2D eigenvalue weighted by Gasteiger charge is 2.16. The molecule has 0 fully saturated rings. The summed E-state index contributed by atoms with van der Waals surface area (Å²) in [5.41, 5.74) is 5.83. The Bertz CT molecular complexity index is 1240. The Kier molecular flexibility index (Phi) is 6.79. The van der Waals surface area contributed by atoms with Crippen LogP contribution in [0.1, 0.15) is 15.9 Å². The zero-order valence-corrected chi connectivity index (χ0v) is 17.7. The highest BCUT2D eigenvalue weighted by Crippen LogP contribution is 2.36. The molecule has 4 rings (SSSR count). The SMILES string of the molecule is O=C(Nc1sc(N/N=C/C=C/c2ccccc2)nc1-c1ccccc1)c1ccc(F)cc1. The van der Waals surface area contributed by atoms with Gasteiger partial charge in [-0.25, -0.2) is 9.37 Å². The molecule has 1 amide bonds. The van der Waals surface area contributed by atoms with Gasteiger partial charge in [-0.3, -0.25) is 10.2 Å². The van der Waals surface area contributed by atoms with Crippen molar-refractivity contribution in [3.05, 3.63) is 108 Å². The van der Waals surface area contributed by atoms with Gasteiger partial charge in [0.2, 0.25) is 5.13 Å². The zero-order valence-electron chi connectivity index (χ0n) is 16.9. The molecule has 2 N–H and O–H groups in total. The number of nitrogens with zero attached hydrogens (tertiary/aromatic N) is 2. The van der Waals surface area contributed by atoms with Gasteiger partial charge < -0.3 is 5.32 Å². The summed E-state index contributed by atoms with van der Waals surface area (Å²) in [6, 6.07) is 24.8. The molecule has 32 heavy (non-hydrogen) atoms. The number of thiazole rings is 1. The molecule has 1 aromatic heterocycles. The molecule has 0 radical (unpaired) electrons. The standard InChI is InChI=1S/C25H19FN4OS/c26-21-15-13-20(14-16-21)23(31)29-24-22(19-11-5-2-6-12-19)28-25(32-24)30-27-17-7-10-18-8-3-1-4-9-18/h1-17H,(H,28,30)(H,29,31)/b10-7+,27-17+. The van der Waals surface area contributed by atoms with E-state index in [4.69, 9.17) is 0 Å². The molecule has 0 aliphatic rings. The molecule has 0 aliphatic carbocycles. The van der Waals surface area contributed by atoms with Gasteiger partial charge in [-0.05, 0) is 35.9 Å². The summed E-state index contributed by atoms with van der Waals surface area (Å²) in [6.07, 6.45) is 5.40. The van der Waals surface area contributed by atoms with Crippen LogP contribution in [0.4, 0.5) is 14.5 Å². The fourth-order valence-electron chi connectivity index (χ4n) is 2.87. The van der Waals surface area contributed by atoms with Gasteiger partial charge in [0.25, 0.3) is 5.91 Å².